The van der Waals surface area contributed by atoms with Crippen molar-refractivity contribution in [2.75, 3.05) is 0 Å². The van der Waals surface area contributed by atoms with Crippen molar-refractivity contribution in [2.45, 2.75) is 6.61 Å². The van der Waals surface area contributed by atoms with Gasteiger partial charge in [0.2, 0.25) is 0 Å². The molecule has 0 atom stereocenters. The molecule has 0 amide bonds. The summed E-state index contributed by atoms with van der Waals surface area (Å²) in [6, 6.07) is 7.47. The summed E-state index contributed by atoms with van der Waals surface area (Å²) in [7, 11) is 0. The van der Waals surface area contributed by atoms with Crippen LogP contribution in [-0.4, -0.2) is 11.1 Å². The fourth-order valence-electron chi connectivity index (χ4n) is 1.63. The Morgan fingerprint density at radius 3 is 2.48 bits per heavy atom. The van der Waals surface area contributed by atoms with Crippen molar-refractivity contribution in [3.05, 3.63) is 61.2 Å². The average molecular weight is 438 g/mol. The van der Waals surface area contributed by atoms with Crippen molar-refractivity contribution in [3.63, 3.8) is 0 Å². The lowest BCUT2D eigenvalue weighted by molar-refractivity contribution is 0.0696. The van der Waals surface area contributed by atoms with Gasteiger partial charge < -0.3 is 9.84 Å². The van der Waals surface area contributed by atoms with Crippen LogP contribution in [0.15, 0.2) is 39.3 Å². The van der Waals surface area contributed by atoms with E-state index in [0.29, 0.717) is 20.3 Å². The van der Waals surface area contributed by atoms with Gasteiger partial charge in [0.25, 0.3) is 0 Å². The van der Waals surface area contributed by atoms with Crippen molar-refractivity contribution in [3.8, 4) is 5.75 Å². The first kappa shape index (κ1) is 16.3. The zero-order chi connectivity index (χ0) is 15.6. The van der Waals surface area contributed by atoms with E-state index in [1.807, 2.05) is 0 Å². The van der Waals surface area contributed by atoms with E-state index in [4.69, 9.17) is 21.4 Å². The first-order chi connectivity index (χ1) is 9.90. The Morgan fingerprint density at radius 1 is 1.29 bits per heavy atom. The average Bonchev–Trinajstić information content (AvgIpc) is 2.42. The number of aromatic carboxylic acids is 1. The minimum Gasteiger partial charge on any atom is -0.486 e. The summed E-state index contributed by atoms with van der Waals surface area (Å²) in [4.78, 5) is 10.9. The van der Waals surface area contributed by atoms with Gasteiger partial charge in [0.1, 0.15) is 18.2 Å². The molecule has 1 N–H and O–H groups in total. The predicted molar refractivity (Wildman–Crippen MR) is 84.5 cm³/mol. The Hall–Kier alpha value is -1.11. The smallest absolute Gasteiger partial charge is 0.335 e. The van der Waals surface area contributed by atoms with Gasteiger partial charge in [0.05, 0.1) is 19.5 Å². The number of rotatable bonds is 4. The zero-order valence-electron chi connectivity index (χ0n) is 10.4. The summed E-state index contributed by atoms with van der Waals surface area (Å²) < 4.78 is 20.2. The van der Waals surface area contributed by atoms with Crippen molar-refractivity contribution < 1.29 is 19.0 Å². The maximum atomic E-state index is 13.8. The standard InChI is InChI=1S/C14H8Br2ClFO3/c15-9-4-8(14(19)20)5-10(16)13(9)21-6-7-2-1-3-11(17)12(7)18/h1-5H,6H2,(H,19,20). The number of benzene rings is 2. The van der Waals surface area contributed by atoms with Crippen molar-refractivity contribution in [2.24, 2.45) is 0 Å². The van der Waals surface area contributed by atoms with E-state index in [1.165, 1.54) is 18.2 Å². The van der Waals surface area contributed by atoms with Crippen LogP contribution >= 0.6 is 43.5 Å². The fourth-order valence-corrected chi connectivity index (χ4v) is 3.24. The lowest BCUT2D eigenvalue weighted by Crippen LogP contribution is -2.02. The van der Waals surface area contributed by atoms with Crippen LogP contribution in [0, 0.1) is 5.82 Å². The first-order valence-electron chi connectivity index (χ1n) is 5.68. The molecule has 0 aliphatic heterocycles. The highest BCUT2D eigenvalue weighted by Gasteiger charge is 2.14. The van der Waals surface area contributed by atoms with Crippen LogP contribution in [0.1, 0.15) is 15.9 Å². The van der Waals surface area contributed by atoms with Gasteiger partial charge in [-0.1, -0.05) is 23.7 Å². The molecule has 2 rings (SSSR count). The van der Waals surface area contributed by atoms with Gasteiger partial charge in [0, 0.05) is 5.56 Å². The monoisotopic (exact) mass is 436 g/mol. The number of carboxylic acid groups (broad SMARTS) is 1. The molecule has 0 aliphatic carbocycles. The van der Waals surface area contributed by atoms with E-state index in [-0.39, 0.29) is 17.2 Å². The van der Waals surface area contributed by atoms with Gasteiger partial charge in [-0.25, -0.2) is 9.18 Å². The van der Waals surface area contributed by atoms with Crippen molar-refractivity contribution in [1.82, 2.24) is 0 Å². The van der Waals surface area contributed by atoms with Gasteiger partial charge in [-0.3, -0.25) is 0 Å². The SMILES string of the molecule is O=C(O)c1cc(Br)c(OCc2cccc(Cl)c2F)c(Br)c1. The minimum absolute atomic E-state index is 0.0236. The van der Waals surface area contributed by atoms with Crippen LogP contribution in [-0.2, 0) is 6.61 Å². The third-order valence-electron chi connectivity index (χ3n) is 2.65. The molecule has 0 aliphatic rings. The highest BCUT2D eigenvalue weighted by molar-refractivity contribution is 9.11. The molecule has 2 aromatic carbocycles. The Morgan fingerprint density at radius 2 is 1.90 bits per heavy atom. The summed E-state index contributed by atoms with van der Waals surface area (Å²) >= 11 is 12.2. The Balaban J connectivity index is 2.24. The number of hydrogen-bond acceptors (Lipinski definition) is 2. The molecule has 0 fully saturated rings. The summed E-state index contributed by atoms with van der Waals surface area (Å²) in [6.07, 6.45) is 0. The van der Waals surface area contributed by atoms with E-state index in [9.17, 15) is 9.18 Å². The number of ether oxygens (including phenoxy) is 1. The summed E-state index contributed by atoms with van der Waals surface area (Å²) in [5.41, 5.74) is 0.415. The second-order valence-electron chi connectivity index (χ2n) is 4.08. The number of halogens is 4. The molecule has 110 valence electrons. The molecule has 0 spiro atoms. The zero-order valence-corrected chi connectivity index (χ0v) is 14.3. The van der Waals surface area contributed by atoms with Crippen LogP contribution < -0.4 is 4.74 Å². The molecule has 0 radical (unpaired) electrons. The normalized spacial score (nSPS) is 10.5. The topological polar surface area (TPSA) is 46.5 Å². The number of carbonyl (C=O) groups is 1. The van der Waals surface area contributed by atoms with E-state index < -0.39 is 11.8 Å². The maximum Gasteiger partial charge on any atom is 0.335 e. The lowest BCUT2D eigenvalue weighted by atomic mass is 10.2. The van der Waals surface area contributed by atoms with E-state index in [1.54, 1.807) is 12.1 Å². The minimum atomic E-state index is -1.05. The van der Waals surface area contributed by atoms with Crippen LogP contribution in [0.4, 0.5) is 4.39 Å². The van der Waals surface area contributed by atoms with Gasteiger partial charge >= 0.3 is 5.97 Å². The van der Waals surface area contributed by atoms with Gasteiger partial charge in [-0.15, -0.1) is 0 Å². The second-order valence-corrected chi connectivity index (χ2v) is 6.19. The first-order valence-corrected chi connectivity index (χ1v) is 7.64. The quantitative estimate of drug-likeness (QED) is 0.707. The molecular weight excluding hydrogens is 430 g/mol. The van der Waals surface area contributed by atoms with Gasteiger partial charge in [0.15, 0.2) is 0 Å². The number of carboxylic acids is 1. The Bertz CT molecular complexity index is 684. The van der Waals surface area contributed by atoms with Crippen LogP contribution in [0.3, 0.4) is 0 Å². The molecule has 7 heteroatoms. The van der Waals surface area contributed by atoms with Crippen LogP contribution in [0.5, 0.6) is 5.75 Å². The fraction of sp³-hybridized carbons (Fsp3) is 0.0714. The summed E-state index contributed by atoms with van der Waals surface area (Å²) in [5.74, 6) is -1.20. The van der Waals surface area contributed by atoms with Crippen LogP contribution in [0.2, 0.25) is 5.02 Å². The molecule has 0 saturated carbocycles. The summed E-state index contributed by atoms with van der Waals surface area (Å²) in [6.45, 7) is -0.0317. The molecule has 2 aromatic rings. The van der Waals surface area contributed by atoms with Crippen molar-refractivity contribution >= 4 is 49.4 Å². The highest BCUT2D eigenvalue weighted by Crippen LogP contribution is 2.35. The summed E-state index contributed by atoms with van der Waals surface area (Å²) in [5, 5.41) is 8.98. The molecule has 0 unspecified atom stereocenters. The molecule has 3 nitrogen and oxygen atoms in total. The molecular formula is C14H8Br2ClFO3. The van der Waals surface area contributed by atoms with Gasteiger partial charge in [-0.05, 0) is 50.1 Å². The van der Waals surface area contributed by atoms with Crippen LogP contribution in [0.25, 0.3) is 0 Å². The number of hydrogen-bond donors (Lipinski definition) is 1. The molecule has 21 heavy (non-hydrogen) atoms. The molecule has 0 saturated heterocycles. The van der Waals surface area contributed by atoms with E-state index in [0.717, 1.165) is 0 Å². The second kappa shape index (κ2) is 6.77. The lowest BCUT2D eigenvalue weighted by Gasteiger charge is -2.12. The largest absolute Gasteiger partial charge is 0.486 e. The Labute approximate surface area is 141 Å². The van der Waals surface area contributed by atoms with Crippen molar-refractivity contribution in [1.29, 1.82) is 0 Å². The third kappa shape index (κ3) is 3.75. The Kier molecular flexibility index (Phi) is 5.24. The highest BCUT2D eigenvalue weighted by atomic mass is 79.9. The molecule has 0 heterocycles. The molecule has 0 aromatic heterocycles. The predicted octanol–water partition coefficient (Wildman–Crippen LogP) is 5.28. The third-order valence-corrected chi connectivity index (χ3v) is 4.12. The maximum absolute atomic E-state index is 13.8. The van der Waals surface area contributed by atoms with E-state index >= 15 is 0 Å². The molecule has 0 bridgehead atoms. The van der Waals surface area contributed by atoms with Gasteiger partial charge in [-0.2, -0.15) is 0 Å². The van der Waals surface area contributed by atoms with E-state index in [2.05, 4.69) is 31.9 Å².